The summed E-state index contributed by atoms with van der Waals surface area (Å²) < 4.78 is 0. The molecule has 1 aromatic carbocycles. The van der Waals surface area contributed by atoms with Crippen LogP contribution in [0, 0.1) is 11.8 Å². The van der Waals surface area contributed by atoms with Crippen molar-refractivity contribution in [3.8, 4) is 0 Å². The summed E-state index contributed by atoms with van der Waals surface area (Å²) in [6, 6.07) is 6.35. The van der Waals surface area contributed by atoms with E-state index in [9.17, 15) is 4.79 Å². The Balaban J connectivity index is 1.78. The van der Waals surface area contributed by atoms with Gasteiger partial charge in [-0.3, -0.25) is 4.79 Å². The highest BCUT2D eigenvalue weighted by Crippen LogP contribution is 2.32. The average molecular weight is 272 g/mol. The lowest BCUT2D eigenvalue weighted by molar-refractivity contribution is 0.0926. The van der Waals surface area contributed by atoms with Crippen molar-refractivity contribution in [2.45, 2.75) is 45.6 Å². The first-order chi connectivity index (χ1) is 9.66. The van der Waals surface area contributed by atoms with Gasteiger partial charge in [0.1, 0.15) is 0 Å². The Hall–Kier alpha value is -1.51. The second kappa shape index (κ2) is 5.47. The summed E-state index contributed by atoms with van der Waals surface area (Å²) in [7, 11) is 0. The van der Waals surface area contributed by atoms with Gasteiger partial charge in [0.25, 0.3) is 5.91 Å². The maximum absolute atomic E-state index is 12.6. The molecule has 3 heteroatoms. The zero-order valence-electron chi connectivity index (χ0n) is 12.4. The van der Waals surface area contributed by atoms with Crippen molar-refractivity contribution >= 4 is 11.6 Å². The topological polar surface area (TPSA) is 41.1 Å². The van der Waals surface area contributed by atoms with Crippen LogP contribution in [0.4, 0.5) is 5.69 Å². The summed E-state index contributed by atoms with van der Waals surface area (Å²) in [6.45, 7) is 5.55. The molecule has 20 heavy (non-hydrogen) atoms. The van der Waals surface area contributed by atoms with Crippen LogP contribution in [0.2, 0.25) is 0 Å². The lowest BCUT2D eigenvalue weighted by Gasteiger charge is -2.23. The van der Waals surface area contributed by atoms with Crippen LogP contribution < -0.4 is 10.6 Å². The highest BCUT2D eigenvalue weighted by Gasteiger charge is 2.31. The zero-order chi connectivity index (χ0) is 14.1. The largest absolute Gasteiger partial charge is 0.385 e. The van der Waals surface area contributed by atoms with Gasteiger partial charge in [0, 0.05) is 23.8 Å². The van der Waals surface area contributed by atoms with Crippen molar-refractivity contribution in [2.24, 2.45) is 11.8 Å². The van der Waals surface area contributed by atoms with Gasteiger partial charge < -0.3 is 10.6 Å². The summed E-state index contributed by atoms with van der Waals surface area (Å²) in [5.41, 5.74) is 3.19. The summed E-state index contributed by atoms with van der Waals surface area (Å²) >= 11 is 0. The lowest BCUT2D eigenvalue weighted by atomic mass is 9.95. The number of fused-ring (bicyclic) bond motifs is 1. The highest BCUT2D eigenvalue weighted by molar-refractivity contribution is 5.97. The van der Waals surface area contributed by atoms with E-state index in [2.05, 4.69) is 30.5 Å². The summed E-state index contributed by atoms with van der Waals surface area (Å²) in [5, 5.41) is 6.65. The number of carbonyl (C=O) groups excluding carboxylic acids is 1. The number of benzene rings is 1. The third-order valence-corrected chi connectivity index (χ3v) is 5.12. The molecule has 1 aliphatic carbocycles. The molecule has 0 aromatic heterocycles. The standard InChI is InChI=1S/C17H24N2O/c1-11-8-9-15(12(11)2)19-17(20)14-5-3-7-16-13(14)6-4-10-18-16/h3,5,7,11-12,15,18H,4,6,8-10H2,1-2H3,(H,19,20). The Bertz CT molecular complexity index is 512. The second-order valence-corrected chi connectivity index (χ2v) is 6.36. The molecule has 0 bridgehead atoms. The van der Waals surface area contributed by atoms with E-state index in [0.29, 0.717) is 17.9 Å². The molecule has 1 heterocycles. The minimum atomic E-state index is 0.108. The van der Waals surface area contributed by atoms with E-state index in [1.807, 2.05) is 12.1 Å². The van der Waals surface area contributed by atoms with Crippen molar-refractivity contribution in [3.05, 3.63) is 29.3 Å². The predicted octanol–water partition coefficient (Wildman–Crippen LogP) is 3.21. The fourth-order valence-electron chi connectivity index (χ4n) is 3.54. The van der Waals surface area contributed by atoms with Crippen LogP contribution in [0.5, 0.6) is 0 Å². The Morgan fingerprint density at radius 3 is 2.90 bits per heavy atom. The molecule has 1 aliphatic heterocycles. The summed E-state index contributed by atoms with van der Waals surface area (Å²) in [6.07, 6.45) is 4.44. The monoisotopic (exact) mass is 272 g/mol. The third-order valence-electron chi connectivity index (χ3n) is 5.12. The molecular weight excluding hydrogens is 248 g/mol. The van der Waals surface area contributed by atoms with Gasteiger partial charge in [-0.25, -0.2) is 0 Å². The van der Waals surface area contributed by atoms with Gasteiger partial charge in [0.05, 0.1) is 0 Å². The molecule has 2 N–H and O–H groups in total. The number of hydrogen-bond donors (Lipinski definition) is 2. The van der Waals surface area contributed by atoms with Crippen LogP contribution in [0.25, 0.3) is 0 Å². The Kier molecular flexibility index (Phi) is 3.68. The molecule has 108 valence electrons. The van der Waals surface area contributed by atoms with Gasteiger partial charge in [-0.2, -0.15) is 0 Å². The SMILES string of the molecule is CC1CCC(NC(=O)c2cccc3c2CCCN3)C1C. The van der Waals surface area contributed by atoms with Gasteiger partial charge in [-0.15, -0.1) is 0 Å². The molecule has 1 amide bonds. The molecule has 3 unspecified atom stereocenters. The van der Waals surface area contributed by atoms with Gasteiger partial charge >= 0.3 is 0 Å². The first kappa shape index (κ1) is 13.5. The number of hydrogen-bond acceptors (Lipinski definition) is 2. The van der Waals surface area contributed by atoms with Crippen molar-refractivity contribution < 1.29 is 4.79 Å². The second-order valence-electron chi connectivity index (χ2n) is 6.36. The van der Waals surface area contributed by atoms with Crippen LogP contribution in [-0.2, 0) is 6.42 Å². The van der Waals surface area contributed by atoms with Crippen LogP contribution >= 0.6 is 0 Å². The third kappa shape index (κ3) is 2.41. The van der Waals surface area contributed by atoms with E-state index in [1.165, 1.54) is 12.0 Å². The van der Waals surface area contributed by atoms with Crippen LogP contribution in [0.15, 0.2) is 18.2 Å². The van der Waals surface area contributed by atoms with E-state index in [-0.39, 0.29) is 5.91 Å². The molecule has 0 radical (unpaired) electrons. The van der Waals surface area contributed by atoms with Gasteiger partial charge in [-0.05, 0) is 55.2 Å². The average Bonchev–Trinajstić information content (AvgIpc) is 2.78. The number of rotatable bonds is 2. The maximum Gasteiger partial charge on any atom is 0.251 e. The minimum absolute atomic E-state index is 0.108. The molecular formula is C17H24N2O. The van der Waals surface area contributed by atoms with Crippen molar-refractivity contribution in [3.63, 3.8) is 0 Å². The van der Waals surface area contributed by atoms with Crippen LogP contribution in [0.3, 0.4) is 0 Å². The van der Waals surface area contributed by atoms with Gasteiger partial charge in [0.2, 0.25) is 0 Å². The number of amides is 1. The first-order valence-electron chi connectivity index (χ1n) is 7.83. The Labute approximate surface area is 121 Å². The normalized spacial score (nSPS) is 28.6. The minimum Gasteiger partial charge on any atom is -0.385 e. The molecule has 1 fully saturated rings. The fourth-order valence-corrected chi connectivity index (χ4v) is 3.54. The zero-order valence-corrected chi connectivity index (χ0v) is 12.4. The van der Waals surface area contributed by atoms with E-state index < -0.39 is 0 Å². The molecule has 3 atom stereocenters. The maximum atomic E-state index is 12.6. The van der Waals surface area contributed by atoms with Crippen LogP contribution in [0.1, 0.15) is 49.0 Å². The quantitative estimate of drug-likeness (QED) is 0.868. The molecule has 2 aliphatic rings. The van der Waals surface area contributed by atoms with Crippen molar-refractivity contribution in [1.82, 2.24) is 5.32 Å². The molecule has 1 saturated carbocycles. The summed E-state index contributed by atoms with van der Waals surface area (Å²) in [5.74, 6) is 1.40. The van der Waals surface area contributed by atoms with Crippen molar-refractivity contribution in [2.75, 3.05) is 11.9 Å². The molecule has 3 nitrogen and oxygen atoms in total. The fraction of sp³-hybridized carbons (Fsp3) is 0.588. The Morgan fingerprint density at radius 1 is 1.30 bits per heavy atom. The van der Waals surface area contributed by atoms with Gasteiger partial charge in [0.15, 0.2) is 0 Å². The van der Waals surface area contributed by atoms with E-state index >= 15 is 0 Å². The smallest absolute Gasteiger partial charge is 0.251 e. The number of carbonyl (C=O) groups is 1. The van der Waals surface area contributed by atoms with E-state index in [0.717, 1.165) is 37.1 Å². The Morgan fingerprint density at radius 2 is 2.15 bits per heavy atom. The highest BCUT2D eigenvalue weighted by atomic mass is 16.1. The van der Waals surface area contributed by atoms with Crippen molar-refractivity contribution in [1.29, 1.82) is 0 Å². The van der Waals surface area contributed by atoms with E-state index in [4.69, 9.17) is 0 Å². The number of nitrogens with one attached hydrogen (secondary N) is 2. The molecule has 3 rings (SSSR count). The van der Waals surface area contributed by atoms with Gasteiger partial charge in [-0.1, -0.05) is 19.9 Å². The van der Waals surface area contributed by atoms with Crippen LogP contribution in [-0.4, -0.2) is 18.5 Å². The first-order valence-corrected chi connectivity index (χ1v) is 7.83. The lowest BCUT2D eigenvalue weighted by Crippen LogP contribution is -2.38. The number of anilines is 1. The molecule has 0 saturated heterocycles. The predicted molar refractivity (Wildman–Crippen MR) is 82.1 cm³/mol. The van der Waals surface area contributed by atoms with E-state index in [1.54, 1.807) is 0 Å². The summed E-state index contributed by atoms with van der Waals surface area (Å²) in [4.78, 5) is 12.6. The molecule has 0 spiro atoms. The molecule has 1 aromatic rings.